The average molecular weight is 409 g/mol. The lowest BCUT2D eigenvalue weighted by molar-refractivity contribution is 0.0975. The lowest BCUT2D eigenvalue weighted by Crippen LogP contribution is -2.34. The van der Waals surface area contributed by atoms with Crippen LogP contribution in [-0.4, -0.2) is 23.5 Å². The topological polar surface area (TPSA) is 92.6 Å². The fourth-order valence-corrected chi connectivity index (χ4v) is 2.69. The van der Waals surface area contributed by atoms with Gasteiger partial charge in [0.1, 0.15) is 5.75 Å². The summed E-state index contributed by atoms with van der Waals surface area (Å²) in [6.07, 6.45) is 1.43. The molecule has 0 bridgehead atoms. The van der Waals surface area contributed by atoms with E-state index in [1.165, 1.54) is 6.26 Å². The number of nitrogens with one attached hydrogen (secondary N) is 3. The summed E-state index contributed by atoms with van der Waals surface area (Å²) in [5, 5.41) is 8.40. The van der Waals surface area contributed by atoms with Gasteiger partial charge in [0, 0.05) is 16.9 Å². The number of rotatable bonds is 6. The van der Waals surface area contributed by atoms with Crippen LogP contribution in [-0.2, 0) is 0 Å². The van der Waals surface area contributed by atoms with Crippen molar-refractivity contribution >= 4 is 40.5 Å². The third kappa shape index (κ3) is 5.66. The molecule has 0 aliphatic heterocycles. The number of carbonyl (C=O) groups excluding carboxylic acids is 2. The number of furan rings is 1. The van der Waals surface area contributed by atoms with Gasteiger partial charge in [-0.25, -0.2) is 0 Å². The van der Waals surface area contributed by atoms with Crippen molar-refractivity contribution in [2.24, 2.45) is 0 Å². The summed E-state index contributed by atoms with van der Waals surface area (Å²) in [5.41, 5.74) is 1.62. The molecule has 2 aromatic carbocycles. The van der Waals surface area contributed by atoms with Gasteiger partial charge in [-0.05, 0) is 73.7 Å². The molecule has 148 valence electrons. The van der Waals surface area contributed by atoms with Gasteiger partial charge in [-0.1, -0.05) is 6.07 Å². The molecule has 0 saturated heterocycles. The summed E-state index contributed by atoms with van der Waals surface area (Å²) in [5.74, 6) is 0.200. The summed E-state index contributed by atoms with van der Waals surface area (Å²) in [6, 6.07) is 16.9. The van der Waals surface area contributed by atoms with E-state index in [-0.39, 0.29) is 22.7 Å². The molecule has 7 nitrogen and oxygen atoms in total. The van der Waals surface area contributed by atoms with Gasteiger partial charge in [-0.3, -0.25) is 14.9 Å². The lowest BCUT2D eigenvalue weighted by Gasteiger charge is -2.11. The van der Waals surface area contributed by atoms with Crippen LogP contribution in [0.1, 0.15) is 27.8 Å². The Labute approximate surface area is 173 Å². The molecule has 0 saturated carbocycles. The fraction of sp³-hybridized carbons (Fsp3) is 0.0952. The minimum atomic E-state index is -0.362. The number of benzene rings is 2. The van der Waals surface area contributed by atoms with Crippen molar-refractivity contribution in [2.75, 3.05) is 17.2 Å². The zero-order chi connectivity index (χ0) is 20.6. The Kier molecular flexibility index (Phi) is 6.59. The number of hydrogen-bond donors (Lipinski definition) is 3. The largest absolute Gasteiger partial charge is 0.494 e. The first-order valence-corrected chi connectivity index (χ1v) is 9.26. The number of ether oxygens (including phenoxy) is 1. The van der Waals surface area contributed by atoms with E-state index < -0.39 is 0 Å². The molecule has 3 aromatic rings. The quantitative estimate of drug-likeness (QED) is 0.532. The monoisotopic (exact) mass is 409 g/mol. The summed E-state index contributed by atoms with van der Waals surface area (Å²) in [4.78, 5) is 24.4. The summed E-state index contributed by atoms with van der Waals surface area (Å²) < 4.78 is 10.4. The Balaban J connectivity index is 1.57. The van der Waals surface area contributed by atoms with Crippen LogP contribution < -0.4 is 20.7 Å². The molecule has 1 aromatic heterocycles. The van der Waals surface area contributed by atoms with Crippen LogP contribution in [0, 0.1) is 0 Å². The Bertz CT molecular complexity index is 1000. The maximum Gasteiger partial charge on any atom is 0.291 e. The van der Waals surface area contributed by atoms with Crippen molar-refractivity contribution in [3.8, 4) is 5.75 Å². The van der Waals surface area contributed by atoms with E-state index >= 15 is 0 Å². The number of carbonyl (C=O) groups is 2. The van der Waals surface area contributed by atoms with E-state index in [9.17, 15) is 9.59 Å². The normalized spacial score (nSPS) is 10.1. The Morgan fingerprint density at radius 1 is 0.966 bits per heavy atom. The molecule has 0 radical (unpaired) electrons. The van der Waals surface area contributed by atoms with E-state index in [0.717, 1.165) is 0 Å². The van der Waals surface area contributed by atoms with Gasteiger partial charge in [0.05, 0.1) is 12.9 Å². The zero-order valence-electron chi connectivity index (χ0n) is 15.6. The summed E-state index contributed by atoms with van der Waals surface area (Å²) in [7, 11) is 0. The molecular weight excluding hydrogens is 390 g/mol. The van der Waals surface area contributed by atoms with Crippen LogP contribution in [0.3, 0.4) is 0 Å². The van der Waals surface area contributed by atoms with E-state index in [1.54, 1.807) is 60.7 Å². The van der Waals surface area contributed by atoms with Crippen LogP contribution >= 0.6 is 12.2 Å². The molecule has 0 unspecified atom stereocenters. The molecule has 3 N–H and O–H groups in total. The minimum absolute atomic E-state index is 0.137. The number of amides is 2. The second kappa shape index (κ2) is 9.52. The highest BCUT2D eigenvalue weighted by molar-refractivity contribution is 7.80. The van der Waals surface area contributed by atoms with Crippen molar-refractivity contribution in [2.45, 2.75) is 6.92 Å². The first-order chi connectivity index (χ1) is 14.0. The first-order valence-electron chi connectivity index (χ1n) is 8.85. The van der Waals surface area contributed by atoms with Gasteiger partial charge < -0.3 is 19.8 Å². The smallest absolute Gasteiger partial charge is 0.291 e. The predicted molar refractivity (Wildman–Crippen MR) is 114 cm³/mol. The Hall–Kier alpha value is -3.65. The molecule has 3 rings (SSSR count). The predicted octanol–water partition coefficient (Wildman–Crippen LogP) is 4.06. The third-order valence-corrected chi connectivity index (χ3v) is 3.98. The second-order valence-corrected chi connectivity index (χ2v) is 6.29. The Morgan fingerprint density at radius 3 is 2.34 bits per heavy atom. The average Bonchev–Trinajstić information content (AvgIpc) is 3.24. The highest BCUT2D eigenvalue weighted by Gasteiger charge is 2.10. The standard InChI is InChI=1S/C21H19N3O4S/c1-2-27-17-10-8-14(9-11-17)19(25)24-21(29)23-16-6-3-5-15(13-16)22-20(26)18-7-4-12-28-18/h3-13H,2H2,1H3,(H,22,26)(H2,23,24,25,29). The number of hydrogen-bond acceptors (Lipinski definition) is 5. The van der Waals surface area contributed by atoms with Gasteiger partial charge in [0.15, 0.2) is 10.9 Å². The molecule has 0 aliphatic carbocycles. The van der Waals surface area contributed by atoms with E-state index in [0.29, 0.717) is 29.3 Å². The minimum Gasteiger partial charge on any atom is -0.494 e. The van der Waals surface area contributed by atoms with Crippen LogP contribution in [0.2, 0.25) is 0 Å². The molecule has 0 spiro atoms. The van der Waals surface area contributed by atoms with Gasteiger partial charge in [0.2, 0.25) is 0 Å². The van der Waals surface area contributed by atoms with Crippen molar-refractivity contribution in [3.63, 3.8) is 0 Å². The molecule has 0 fully saturated rings. The van der Waals surface area contributed by atoms with Gasteiger partial charge in [0.25, 0.3) is 11.8 Å². The molecule has 29 heavy (non-hydrogen) atoms. The van der Waals surface area contributed by atoms with Crippen LogP contribution in [0.4, 0.5) is 11.4 Å². The van der Waals surface area contributed by atoms with Crippen LogP contribution in [0.5, 0.6) is 5.75 Å². The van der Waals surface area contributed by atoms with E-state index in [4.69, 9.17) is 21.4 Å². The zero-order valence-corrected chi connectivity index (χ0v) is 16.4. The van der Waals surface area contributed by atoms with Gasteiger partial charge >= 0.3 is 0 Å². The highest BCUT2D eigenvalue weighted by Crippen LogP contribution is 2.17. The van der Waals surface area contributed by atoms with Gasteiger partial charge in [-0.2, -0.15) is 0 Å². The summed E-state index contributed by atoms with van der Waals surface area (Å²) >= 11 is 5.21. The first kappa shape index (κ1) is 20.1. The maximum absolute atomic E-state index is 12.3. The fourth-order valence-electron chi connectivity index (χ4n) is 2.48. The third-order valence-electron chi connectivity index (χ3n) is 3.78. The molecule has 0 aliphatic rings. The van der Waals surface area contributed by atoms with Crippen LogP contribution in [0.15, 0.2) is 71.3 Å². The SMILES string of the molecule is CCOc1ccc(C(=O)NC(=S)Nc2cccc(NC(=O)c3ccco3)c2)cc1. The van der Waals surface area contributed by atoms with Crippen molar-refractivity contribution < 1.29 is 18.7 Å². The summed E-state index contributed by atoms with van der Waals surface area (Å²) in [6.45, 7) is 2.45. The van der Waals surface area contributed by atoms with Crippen molar-refractivity contribution in [3.05, 3.63) is 78.3 Å². The Morgan fingerprint density at radius 2 is 1.69 bits per heavy atom. The van der Waals surface area contributed by atoms with Crippen LogP contribution in [0.25, 0.3) is 0 Å². The number of thiocarbonyl (C=S) groups is 1. The molecule has 1 heterocycles. The van der Waals surface area contributed by atoms with E-state index in [2.05, 4.69) is 16.0 Å². The number of anilines is 2. The second-order valence-electron chi connectivity index (χ2n) is 5.88. The molecular formula is C21H19N3O4S. The highest BCUT2D eigenvalue weighted by atomic mass is 32.1. The maximum atomic E-state index is 12.3. The lowest BCUT2D eigenvalue weighted by atomic mass is 10.2. The van der Waals surface area contributed by atoms with Crippen molar-refractivity contribution in [1.82, 2.24) is 5.32 Å². The molecule has 2 amide bonds. The molecule has 8 heteroatoms. The van der Waals surface area contributed by atoms with Crippen molar-refractivity contribution in [1.29, 1.82) is 0 Å². The van der Waals surface area contributed by atoms with E-state index in [1.807, 2.05) is 6.92 Å². The van der Waals surface area contributed by atoms with Gasteiger partial charge in [-0.15, -0.1) is 0 Å². The molecule has 0 atom stereocenters.